The first kappa shape index (κ1) is 20.6. The Kier molecular flexibility index (Phi) is 6.56. The highest BCUT2D eigenvalue weighted by Gasteiger charge is 2.16. The van der Waals surface area contributed by atoms with Gasteiger partial charge < -0.3 is 15.5 Å². The minimum absolute atomic E-state index is 0.0753. The second-order valence-corrected chi connectivity index (χ2v) is 7.65. The molecule has 160 valence electrons. The van der Waals surface area contributed by atoms with Gasteiger partial charge in [0.05, 0.1) is 12.7 Å². The number of nitrogens with zero attached hydrogens (tertiary/aromatic N) is 4. The molecule has 0 radical (unpaired) electrons. The third-order valence-electron chi connectivity index (χ3n) is 5.25. The molecule has 0 bridgehead atoms. The van der Waals surface area contributed by atoms with E-state index >= 15 is 0 Å². The van der Waals surface area contributed by atoms with E-state index in [9.17, 15) is 9.59 Å². The number of benzene rings is 2. The van der Waals surface area contributed by atoms with Crippen LogP contribution in [0, 0.1) is 0 Å². The van der Waals surface area contributed by atoms with Gasteiger partial charge in [0, 0.05) is 24.5 Å². The van der Waals surface area contributed by atoms with Crippen molar-refractivity contribution in [2.24, 2.45) is 0 Å². The fourth-order valence-electron chi connectivity index (χ4n) is 3.56. The van der Waals surface area contributed by atoms with Gasteiger partial charge in [0.15, 0.2) is 5.69 Å². The van der Waals surface area contributed by atoms with Crippen molar-refractivity contribution >= 4 is 23.3 Å². The summed E-state index contributed by atoms with van der Waals surface area (Å²) in [5.41, 5.74) is 2.64. The summed E-state index contributed by atoms with van der Waals surface area (Å²) in [7, 11) is 0. The maximum absolute atomic E-state index is 12.5. The van der Waals surface area contributed by atoms with Crippen LogP contribution < -0.4 is 10.6 Å². The standard InChI is InChI=1S/C23H26N6O2/c30-22(21-17-29(27-26-21)16-18-8-4-3-5-9-18)24-19-10-12-20(13-11-19)25-23(31)28-14-6-1-2-7-15-28/h3-5,8-13,17H,1-2,6-7,14-16H2,(H,24,30)(H,25,31). The summed E-state index contributed by atoms with van der Waals surface area (Å²) in [4.78, 5) is 26.8. The molecule has 1 aromatic heterocycles. The van der Waals surface area contributed by atoms with Gasteiger partial charge in [-0.05, 0) is 42.7 Å². The number of likely N-dealkylation sites (tertiary alicyclic amines) is 1. The van der Waals surface area contributed by atoms with Crippen molar-refractivity contribution in [3.05, 3.63) is 72.1 Å². The predicted molar refractivity (Wildman–Crippen MR) is 119 cm³/mol. The Labute approximate surface area is 181 Å². The van der Waals surface area contributed by atoms with Crippen molar-refractivity contribution in [1.29, 1.82) is 0 Å². The van der Waals surface area contributed by atoms with E-state index in [1.807, 2.05) is 35.2 Å². The molecule has 3 aromatic rings. The first-order chi connectivity index (χ1) is 15.2. The Hall–Kier alpha value is -3.68. The highest BCUT2D eigenvalue weighted by atomic mass is 16.2. The molecule has 1 aliphatic heterocycles. The molecule has 0 spiro atoms. The zero-order valence-electron chi connectivity index (χ0n) is 17.3. The molecule has 1 aliphatic rings. The number of carbonyl (C=O) groups is 2. The molecular formula is C23H26N6O2. The highest BCUT2D eigenvalue weighted by molar-refractivity contribution is 6.02. The molecule has 1 saturated heterocycles. The highest BCUT2D eigenvalue weighted by Crippen LogP contribution is 2.16. The molecule has 0 atom stereocenters. The van der Waals surface area contributed by atoms with Gasteiger partial charge in [-0.15, -0.1) is 5.10 Å². The van der Waals surface area contributed by atoms with Gasteiger partial charge in [-0.25, -0.2) is 9.48 Å². The van der Waals surface area contributed by atoms with E-state index in [0.29, 0.717) is 17.9 Å². The number of hydrogen-bond donors (Lipinski definition) is 2. The van der Waals surface area contributed by atoms with Crippen LogP contribution in [0.3, 0.4) is 0 Å². The first-order valence-electron chi connectivity index (χ1n) is 10.6. The summed E-state index contributed by atoms with van der Waals surface area (Å²) in [5.74, 6) is -0.333. The number of nitrogens with one attached hydrogen (secondary N) is 2. The summed E-state index contributed by atoms with van der Waals surface area (Å²) in [6.07, 6.45) is 6.08. The molecule has 31 heavy (non-hydrogen) atoms. The topological polar surface area (TPSA) is 92.2 Å². The average Bonchev–Trinajstić information content (AvgIpc) is 3.08. The van der Waals surface area contributed by atoms with Gasteiger partial charge in [-0.2, -0.15) is 0 Å². The minimum Gasteiger partial charge on any atom is -0.325 e. The number of amides is 3. The molecule has 2 heterocycles. The van der Waals surface area contributed by atoms with Crippen LogP contribution in [0.5, 0.6) is 0 Å². The molecule has 2 N–H and O–H groups in total. The van der Waals surface area contributed by atoms with E-state index in [2.05, 4.69) is 20.9 Å². The summed E-state index contributed by atoms with van der Waals surface area (Å²) < 4.78 is 1.63. The summed E-state index contributed by atoms with van der Waals surface area (Å²) in [6, 6.07) is 16.8. The molecule has 4 rings (SSSR count). The lowest BCUT2D eigenvalue weighted by Gasteiger charge is -2.20. The zero-order valence-corrected chi connectivity index (χ0v) is 17.3. The lowest BCUT2D eigenvalue weighted by molar-refractivity contribution is 0.102. The molecule has 8 heteroatoms. The molecule has 1 fully saturated rings. The lowest BCUT2D eigenvalue weighted by atomic mass is 10.2. The smallest absolute Gasteiger partial charge is 0.321 e. The monoisotopic (exact) mass is 418 g/mol. The number of rotatable bonds is 5. The maximum atomic E-state index is 12.5. The quantitative estimate of drug-likeness (QED) is 0.655. The number of hydrogen-bond acceptors (Lipinski definition) is 4. The van der Waals surface area contributed by atoms with Gasteiger partial charge >= 0.3 is 6.03 Å². The van der Waals surface area contributed by atoms with Gasteiger partial charge in [-0.3, -0.25) is 4.79 Å². The van der Waals surface area contributed by atoms with Crippen LogP contribution >= 0.6 is 0 Å². The molecule has 0 unspecified atom stereocenters. The number of aromatic nitrogens is 3. The van der Waals surface area contributed by atoms with E-state index in [1.165, 1.54) is 12.8 Å². The van der Waals surface area contributed by atoms with E-state index < -0.39 is 0 Å². The molecular weight excluding hydrogens is 392 g/mol. The summed E-state index contributed by atoms with van der Waals surface area (Å²) in [6.45, 7) is 2.14. The van der Waals surface area contributed by atoms with E-state index in [4.69, 9.17) is 0 Å². The Bertz CT molecular complexity index is 1010. The van der Waals surface area contributed by atoms with Gasteiger partial charge in [0.1, 0.15) is 0 Å². The Morgan fingerprint density at radius 3 is 2.16 bits per heavy atom. The maximum Gasteiger partial charge on any atom is 0.321 e. The first-order valence-corrected chi connectivity index (χ1v) is 10.6. The van der Waals surface area contributed by atoms with E-state index in [0.717, 1.165) is 31.5 Å². The SMILES string of the molecule is O=C(Nc1ccc(NC(=O)N2CCCCCC2)cc1)c1cn(Cc2ccccc2)nn1. The van der Waals surface area contributed by atoms with E-state index in [-0.39, 0.29) is 17.6 Å². The minimum atomic E-state index is -0.333. The van der Waals surface area contributed by atoms with Crippen molar-refractivity contribution in [3.8, 4) is 0 Å². The molecule has 3 amide bonds. The van der Waals surface area contributed by atoms with Crippen LogP contribution in [0.1, 0.15) is 41.7 Å². The number of anilines is 2. The second kappa shape index (κ2) is 9.88. The van der Waals surface area contributed by atoms with Gasteiger partial charge in [0.25, 0.3) is 5.91 Å². The molecule has 8 nitrogen and oxygen atoms in total. The van der Waals surface area contributed by atoms with E-state index in [1.54, 1.807) is 35.1 Å². The molecule has 2 aromatic carbocycles. The predicted octanol–water partition coefficient (Wildman–Crippen LogP) is 3.99. The van der Waals surface area contributed by atoms with Crippen molar-refractivity contribution < 1.29 is 9.59 Å². The fraction of sp³-hybridized carbons (Fsp3) is 0.304. The normalized spacial score (nSPS) is 14.0. The Morgan fingerprint density at radius 2 is 1.48 bits per heavy atom. The van der Waals surface area contributed by atoms with Gasteiger partial charge in [-0.1, -0.05) is 48.4 Å². The Balaban J connectivity index is 1.31. The second-order valence-electron chi connectivity index (χ2n) is 7.65. The third-order valence-corrected chi connectivity index (χ3v) is 5.25. The number of urea groups is 1. The van der Waals surface area contributed by atoms with Crippen LogP contribution in [0.25, 0.3) is 0 Å². The zero-order chi connectivity index (χ0) is 21.5. The van der Waals surface area contributed by atoms with Crippen molar-refractivity contribution in [3.63, 3.8) is 0 Å². The average molecular weight is 419 g/mol. The van der Waals surface area contributed by atoms with Crippen LogP contribution in [-0.4, -0.2) is 44.9 Å². The Morgan fingerprint density at radius 1 is 0.839 bits per heavy atom. The van der Waals surface area contributed by atoms with Crippen molar-refractivity contribution in [2.45, 2.75) is 32.2 Å². The molecule has 0 saturated carbocycles. The van der Waals surface area contributed by atoms with Crippen LogP contribution in [0.15, 0.2) is 60.8 Å². The van der Waals surface area contributed by atoms with Crippen molar-refractivity contribution in [2.75, 3.05) is 23.7 Å². The summed E-state index contributed by atoms with van der Waals surface area (Å²) >= 11 is 0. The number of carbonyl (C=O) groups excluding carboxylic acids is 2. The fourth-order valence-corrected chi connectivity index (χ4v) is 3.56. The summed E-state index contributed by atoms with van der Waals surface area (Å²) in [5, 5.41) is 13.7. The lowest BCUT2D eigenvalue weighted by Crippen LogP contribution is -2.35. The largest absolute Gasteiger partial charge is 0.325 e. The molecule has 0 aliphatic carbocycles. The van der Waals surface area contributed by atoms with Gasteiger partial charge in [0.2, 0.25) is 0 Å². The van der Waals surface area contributed by atoms with Crippen LogP contribution in [0.2, 0.25) is 0 Å². The van der Waals surface area contributed by atoms with Crippen molar-refractivity contribution in [1.82, 2.24) is 19.9 Å². The van der Waals surface area contributed by atoms with Crippen LogP contribution in [0.4, 0.5) is 16.2 Å². The third kappa shape index (κ3) is 5.69. The van der Waals surface area contributed by atoms with Crippen LogP contribution in [-0.2, 0) is 6.54 Å².